The summed E-state index contributed by atoms with van der Waals surface area (Å²) in [5.41, 5.74) is 2.15. The van der Waals surface area contributed by atoms with Crippen LogP contribution in [-0.2, 0) is 10.2 Å². The van der Waals surface area contributed by atoms with Gasteiger partial charge in [0.05, 0.1) is 5.41 Å². The van der Waals surface area contributed by atoms with Crippen molar-refractivity contribution >= 4 is 29.5 Å². The SMILES string of the molecule is CC(=O)C1(c2ccsc2-c2ccccc2)CCNCC1.Cl. The number of nitrogens with one attached hydrogen (secondary N) is 1. The molecule has 0 atom stereocenters. The highest BCUT2D eigenvalue weighted by Crippen LogP contribution is 2.42. The standard InChI is InChI=1S/C17H19NOS.ClH/c1-13(19)17(8-10-18-11-9-17)15-7-12-20-16(15)14-5-3-2-4-6-14;/h2-7,12,18H,8-11H2,1H3;1H. The highest BCUT2D eigenvalue weighted by atomic mass is 35.5. The predicted molar refractivity (Wildman–Crippen MR) is 91.5 cm³/mol. The van der Waals surface area contributed by atoms with Crippen molar-refractivity contribution in [3.63, 3.8) is 0 Å². The molecular formula is C17H20ClNOS. The van der Waals surface area contributed by atoms with Crippen molar-refractivity contribution in [3.05, 3.63) is 47.3 Å². The minimum Gasteiger partial charge on any atom is -0.317 e. The Labute approximate surface area is 136 Å². The van der Waals surface area contributed by atoms with E-state index < -0.39 is 0 Å². The number of carbonyl (C=O) groups excluding carboxylic acids is 1. The lowest BCUT2D eigenvalue weighted by molar-refractivity contribution is -0.123. The summed E-state index contributed by atoms with van der Waals surface area (Å²) in [5.74, 6) is 0.301. The molecule has 4 heteroatoms. The summed E-state index contributed by atoms with van der Waals surface area (Å²) >= 11 is 1.74. The smallest absolute Gasteiger partial charge is 0.140 e. The van der Waals surface area contributed by atoms with Gasteiger partial charge in [0.1, 0.15) is 5.78 Å². The van der Waals surface area contributed by atoms with E-state index in [0.29, 0.717) is 5.78 Å². The highest BCUT2D eigenvalue weighted by Gasteiger charge is 2.40. The summed E-state index contributed by atoms with van der Waals surface area (Å²) in [6, 6.07) is 12.6. The topological polar surface area (TPSA) is 29.1 Å². The number of halogens is 1. The van der Waals surface area contributed by atoms with Crippen LogP contribution < -0.4 is 5.32 Å². The van der Waals surface area contributed by atoms with Crippen molar-refractivity contribution in [1.82, 2.24) is 5.32 Å². The first kappa shape index (κ1) is 16.2. The zero-order valence-electron chi connectivity index (χ0n) is 12.1. The number of rotatable bonds is 3. The fourth-order valence-corrected chi connectivity index (χ4v) is 4.17. The largest absolute Gasteiger partial charge is 0.317 e. The number of piperidine rings is 1. The molecule has 3 rings (SSSR count). The minimum absolute atomic E-state index is 0. The first-order chi connectivity index (χ1) is 9.74. The van der Waals surface area contributed by atoms with Crippen LogP contribution in [0.2, 0.25) is 0 Å². The normalized spacial score (nSPS) is 17.0. The average Bonchev–Trinajstić information content (AvgIpc) is 2.98. The molecule has 2 aromatic rings. The lowest BCUT2D eigenvalue weighted by Crippen LogP contribution is -2.44. The third-order valence-electron chi connectivity index (χ3n) is 4.35. The van der Waals surface area contributed by atoms with E-state index in [1.54, 1.807) is 18.3 Å². The Kier molecular flexibility index (Phi) is 5.20. The van der Waals surface area contributed by atoms with Crippen molar-refractivity contribution in [1.29, 1.82) is 0 Å². The molecule has 0 aliphatic carbocycles. The maximum absolute atomic E-state index is 12.4. The van der Waals surface area contributed by atoms with Gasteiger partial charge in [0.25, 0.3) is 0 Å². The Morgan fingerprint density at radius 2 is 1.81 bits per heavy atom. The molecule has 1 aromatic carbocycles. The lowest BCUT2D eigenvalue weighted by atomic mass is 9.70. The van der Waals surface area contributed by atoms with Gasteiger partial charge in [-0.3, -0.25) is 4.79 Å². The number of thiophene rings is 1. The van der Waals surface area contributed by atoms with Crippen molar-refractivity contribution in [2.24, 2.45) is 0 Å². The molecule has 1 fully saturated rings. The van der Waals surface area contributed by atoms with Crippen LogP contribution in [0.1, 0.15) is 25.3 Å². The molecule has 2 heterocycles. The summed E-state index contributed by atoms with van der Waals surface area (Å²) in [7, 11) is 0. The Hall–Kier alpha value is -1.16. The fraction of sp³-hybridized carbons (Fsp3) is 0.353. The Bertz CT molecular complexity index is 602. The van der Waals surface area contributed by atoms with Crippen LogP contribution in [0.15, 0.2) is 41.8 Å². The van der Waals surface area contributed by atoms with Crippen LogP contribution in [-0.4, -0.2) is 18.9 Å². The summed E-state index contributed by atoms with van der Waals surface area (Å²) < 4.78 is 0. The molecule has 1 aliphatic heterocycles. The van der Waals surface area contributed by atoms with Gasteiger partial charge in [0.15, 0.2) is 0 Å². The van der Waals surface area contributed by atoms with Crippen LogP contribution in [0.3, 0.4) is 0 Å². The van der Waals surface area contributed by atoms with E-state index >= 15 is 0 Å². The van der Waals surface area contributed by atoms with Gasteiger partial charge >= 0.3 is 0 Å². The average molecular weight is 322 g/mol. The summed E-state index contributed by atoms with van der Waals surface area (Å²) in [4.78, 5) is 13.6. The van der Waals surface area contributed by atoms with Gasteiger partial charge < -0.3 is 5.32 Å². The van der Waals surface area contributed by atoms with E-state index in [9.17, 15) is 4.79 Å². The van der Waals surface area contributed by atoms with E-state index in [0.717, 1.165) is 25.9 Å². The quantitative estimate of drug-likeness (QED) is 0.924. The highest BCUT2D eigenvalue weighted by molar-refractivity contribution is 7.13. The molecule has 2 nitrogen and oxygen atoms in total. The maximum atomic E-state index is 12.4. The van der Waals surface area contributed by atoms with Crippen LogP contribution in [0.4, 0.5) is 0 Å². The van der Waals surface area contributed by atoms with Gasteiger partial charge in [0.2, 0.25) is 0 Å². The molecule has 1 aliphatic rings. The van der Waals surface area contributed by atoms with Gasteiger partial charge in [-0.25, -0.2) is 0 Å². The van der Waals surface area contributed by atoms with Crippen LogP contribution in [0.25, 0.3) is 10.4 Å². The van der Waals surface area contributed by atoms with E-state index in [-0.39, 0.29) is 17.8 Å². The number of Topliss-reactive ketones (excluding diaryl/α,β-unsaturated/α-hetero) is 1. The molecule has 0 radical (unpaired) electrons. The molecule has 1 aromatic heterocycles. The van der Waals surface area contributed by atoms with Gasteiger partial charge in [-0.2, -0.15) is 0 Å². The molecule has 0 saturated carbocycles. The first-order valence-electron chi connectivity index (χ1n) is 7.09. The van der Waals surface area contributed by atoms with Crippen molar-refractivity contribution in [3.8, 4) is 10.4 Å². The van der Waals surface area contributed by atoms with E-state index in [1.165, 1.54) is 16.0 Å². The van der Waals surface area contributed by atoms with Crippen molar-refractivity contribution < 1.29 is 4.79 Å². The van der Waals surface area contributed by atoms with Gasteiger partial charge in [-0.1, -0.05) is 30.3 Å². The maximum Gasteiger partial charge on any atom is 0.140 e. The monoisotopic (exact) mass is 321 g/mol. The van der Waals surface area contributed by atoms with Crippen molar-refractivity contribution in [2.45, 2.75) is 25.2 Å². The lowest BCUT2D eigenvalue weighted by Gasteiger charge is -2.36. The zero-order valence-corrected chi connectivity index (χ0v) is 13.7. The third-order valence-corrected chi connectivity index (χ3v) is 5.31. The number of benzene rings is 1. The number of ketones is 1. The third kappa shape index (κ3) is 2.91. The molecule has 1 N–H and O–H groups in total. The van der Waals surface area contributed by atoms with Crippen molar-refractivity contribution in [2.75, 3.05) is 13.1 Å². The molecule has 0 amide bonds. The van der Waals surface area contributed by atoms with E-state index in [4.69, 9.17) is 0 Å². The summed E-state index contributed by atoms with van der Waals surface area (Å²) in [5, 5.41) is 5.48. The van der Waals surface area contributed by atoms with Crippen LogP contribution in [0.5, 0.6) is 0 Å². The Balaban J connectivity index is 0.00000161. The fourth-order valence-electron chi connectivity index (χ4n) is 3.16. The second-order valence-electron chi connectivity index (χ2n) is 5.42. The number of hydrogen-bond acceptors (Lipinski definition) is 3. The zero-order chi connectivity index (χ0) is 14.0. The molecular weight excluding hydrogens is 302 g/mol. The van der Waals surface area contributed by atoms with Gasteiger partial charge in [-0.05, 0) is 55.4 Å². The van der Waals surface area contributed by atoms with Gasteiger partial charge in [0, 0.05) is 4.88 Å². The summed E-state index contributed by atoms with van der Waals surface area (Å²) in [6.45, 7) is 3.59. The molecule has 0 bridgehead atoms. The number of carbonyl (C=O) groups is 1. The second-order valence-corrected chi connectivity index (χ2v) is 6.33. The molecule has 0 unspecified atom stereocenters. The van der Waals surface area contributed by atoms with Crippen LogP contribution in [0, 0.1) is 0 Å². The van der Waals surface area contributed by atoms with E-state index in [1.807, 2.05) is 6.07 Å². The first-order valence-corrected chi connectivity index (χ1v) is 7.97. The van der Waals surface area contributed by atoms with Crippen LogP contribution >= 0.6 is 23.7 Å². The predicted octanol–water partition coefficient (Wildman–Crippen LogP) is 4.05. The second kappa shape index (κ2) is 6.73. The van der Waals surface area contributed by atoms with E-state index in [2.05, 4.69) is 41.0 Å². The molecule has 0 spiro atoms. The molecule has 1 saturated heterocycles. The molecule has 21 heavy (non-hydrogen) atoms. The Morgan fingerprint density at radius 3 is 2.43 bits per heavy atom. The summed E-state index contributed by atoms with van der Waals surface area (Å²) in [6.07, 6.45) is 1.80. The minimum atomic E-state index is -0.295. The Morgan fingerprint density at radius 1 is 1.14 bits per heavy atom. The molecule has 112 valence electrons. The number of hydrogen-bond donors (Lipinski definition) is 1. The van der Waals surface area contributed by atoms with Gasteiger partial charge in [-0.15, -0.1) is 23.7 Å².